The van der Waals surface area contributed by atoms with Crippen LogP contribution >= 0.6 is 16.6 Å². The van der Waals surface area contributed by atoms with E-state index in [0.717, 1.165) is 0 Å². The molecule has 0 aromatic carbocycles. The van der Waals surface area contributed by atoms with Crippen molar-refractivity contribution in [1.82, 2.24) is 0 Å². The van der Waals surface area contributed by atoms with Gasteiger partial charge in [0.15, 0.2) is 0 Å². The maximum atomic E-state index is 6.73. The fourth-order valence-electron chi connectivity index (χ4n) is 0. The van der Waals surface area contributed by atoms with Crippen molar-refractivity contribution < 1.29 is 4.11 Å². The van der Waals surface area contributed by atoms with E-state index < -0.39 is 12.0 Å². The van der Waals surface area contributed by atoms with Gasteiger partial charge in [-0.05, 0) is 13.3 Å². The molecule has 0 aliphatic rings. The SMILES string of the molecule is [2H]C([2H])([2H])P(C)(=S)Cl. The Hall–Kier alpha value is 0.940. The van der Waals surface area contributed by atoms with Crippen molar-refractivity contribution in [3.05, 3.63) is 0 Å². The summed E-state index contributed by atoms with van der Waals surface area (Å²) in [4.78, 5) is 0. The smallest absolute Gasteiger partial charge is 0.0330 e. The third kappa shape index (κ3) is 48.3. The van der Waals surface area contributed by atoms with Gasteiger partial charge >= 0.3 is 0 Å². The van der Waals surface area contributed by atoms with Gasteiger partial charge in [-0.25, -0.2) is 0 Å². The van der Waals surface area contributed by atoms with Crippen molar-refractivity contribution in [3.63, 3.8) is 0 Å². The van der Waals surface area contributed by atoms with Crippen molar-refractivity contribution >= 4 is 28.4 Å². The van der Waals surface area contributed by atoms with Crippen LogP contribution in [0.4, 0.5) is 0 Å². The summed E-state index contributed by atoms with van der Waals surface area (Å²) in [5.74, 6) is 0. The first-order valence-corrected chi connectivity index (χ1v) is 5.18. The van der Waals surface area contributed by atoms with E-state index >= 15 is 0 Å². The first-order chi connectivity index (χ1) is 3.25. The monoisotopic (exact) mass is 131 g/mol. The number of halogens is 1. The predicted octanol–water partition coefficient (Wildman–Crippen LogP) is 1.88. The van der Waals surface area contributed by atoms with Crippen LogP contribution in [0.25, 0.3) is 0 Å². The fourth-order valence-corrected chi connectivity index (χ4v) is 0. The van der Waals surface area contributed by atoms with Gasteiger partial charge in [-0.15, -0.1) is 0 Å². The molecular formula is C2H6ClPS. The van der Waals surface area contributed by atoms with Crippen LogP contribution in [0.2, 0.25) is 0 Å². The minimum absolute atomic E-state index is 1.40. The maximum absolute atomic E-state index is 6.73. The summed E-state index contributed by atoms with van der Waals surface area (Å²) in [5.41, 5.74) is 0. The zero-order chi connectivity index (χ0) is 7.00. The molecule has 0 aromatic heterocycles. The van der Waals surface area contributed by atoms with Gasteiger partial charge in [0.2, 0.25) is 0 Å². The average Bonchev–Trinajstić information content (AvgIpc) is 1.25. The summed E-state index contributed by atoms with van der Waals surface area (Å²) >= 11 is 9.91. The van der Waals surface area contributed by atoms with Gasteiger partial charge < -0.3 is 0 Å². The quantitative estimate of drug-likeness (QED) is 0.453. The Labute approximate surface area is 46.5 Å². The average molecular weight is 132 g/mol. The molecule has 0 heterocycles. The van der Waals surface area contributed by atoms with Crippen LogP contribution in [0.5, 0.6) is 0 Å². The highest BCUT2D eigenvalue weighted by molar-refractivity contribution is 8.26. The van der Waals surface area contributed by atoms with Gasteiger partial charge in [-0.2, -0.15) is 0 Å². The second-order valence-corrected chi connectivity index (χ2v) is 7.28. The van der Waals surface area contributed by atoms with Gasteiger partial charge in [0.1, 0.15) is 0 Å². The highest BCUT2D eigenvalue weighted by atomic mass is 35.7. The van der Waals surface area contributed by atoms with E-state index in [9.17, 15) is 0 Å². The largest absolute Gasteiger partial charge is 0.0862 e. The summed E-state index contributed by atoms with van der Waals surface area (Å²) in [6.07, 6.45) is 0. The van der Waals surface area contributed by atoms with Crippen LogP contribution in [-0.4, -0.2) is 13.3 Å². The number of hydrogen-bond acceptors (Lipinski definition) is 1. The molecule has 0 nitrogen and oxygen atoms in total. The molecule has 0 aliphatic carbocycles. The molecule has 5 heavy (non-hydrogen) atoms. The third-order valence-electron chi connectivity index (χ3n) is 0. The zero-order valence-electron chi connectivity index (χ0n) is 5.73. The Morgan fingerprint density at radius 1 is 2.20 bits per heavy atom. The lowest BCUT2D eigenvalue weighted by Gasteiger charge is -1.88. The van der Waals surface area contributed by atoms with Gasteiger partial charge in [-0.1, -0.05) is 23.0 Å². The minimum atomic E-state index is -2.54. The lowest BCUT2D eigenvalue weighted by molar-refractivity contribution is 2.28. The van der Waals surface area contributed by atoms with Crippen molar-refractivity contribution in [1.29, 1.82) is 0 Å². The van der Waals surface area contributed by atoms with E-state index in [4.69, 9.17) is 15.4 Å². The van der Waals surface area contributed by atoms with E-state index in [1.165, 1.54) is 6.66 Å². The Morgan fingerprint density at radius 3 is 2.40 bits per heavy atom. The molecule has 0 spiro atoms. The van der Waals surface area contributed by atoms with E-state index in [1.807, 2.05) is 0 Å². The fraction of sp³-hybridized carbons (Fsp3) is 1.00. The molecule has 0 N–H and O–H groups in total. The molecule has 0 fully saturated rings. The molecule has 1 atom stereocenters. The molecule has 0 saturated carbocycles. The normalized spacial score (nSPS) is 32.8. The standard InChI is InChI=1S/C2H6ClPS/c1-4(2,3)5/h1-2H3/i1D3. The number of hydrogen-bond donors (Lipinski definition) is 0. The summed E-state index contributed by atoms with van der Waals surface area (Å²) in [6.45, 7) is -0.721. The molecule has 0 aromatic rings. The molecule has 1 unspecified atom stereocenters. The van der Waals surface area contributed by atoms with Crippen LogP contribution in [0.3, 0.4) is 0 Å². The summed E-state index contributed by atoms with van der Waals surface area (Å²) in [7, 11) is 0. The zero-order valence-corrected chi connectivity index (χ0v) is 5.20. The van der Waals surface area contributed by atoms with Crippen LogP contribution in [0.15, 0.2) is 0 Å². The van der Waals surface area contributed by atoms with Crippen LogP contribution < -0.4 is 0 Å². The van der Waals surface area contributed by atoms with Crippen molar-refractivity contribution in [2.75, 3.05) is 13.3 Å². The van der Waals surface area contributed by atoms with Gasteiger partial charge in [0, 0.05) is 9.50 Å². The first-order valence-electron chi connectivity index (χ1n) is 2.52. The minimum Gasteiger partial charge on any atom is -0.0862 e. The summed E-state index contributed by atoms with van der Waals surface area (Å²) < 4.78 is 20.2. The van der Waals surface area contributed by atoms with Crippen LogP contribution in [-0.2, 0) is 11.8 Å². The highest BCUT2D eigenvalue weighted by Crippen LogP contribution is 2.41. The molecule has 32 valence electrons. The maximum Gasteiger partial charge on any atom is 0.0330 e. The van der Waals surface area contributed by atoms with E-state index in [-0.39, 0.29) is 0 Å². The van der Waals surface area contributed by atoms with Gasteiger partial charge in [-0.3, -0.25) is 0 Å². The Bertz CT molecular complexity index is 124. The first kappa shape index (κ1) is 2.30. The second kappa shape index (κ2) is 1.59. The molecule has 3 heteroatoms. The summed E-state index contributed by atoms with van der Waals surface area (Å²) in [5, 5.41) is -2.54. The second-order valence-electron chi connectivity index (χ2n) is 0.820. The van der Waals surface area contributed by atoms with E-state index in [0.29, 0.717) is 0 Å². The molecule has 0 rings (SSSR count). The van der Waals surface area contributed by atoms with Gasteiger partial charge in [0.25, 0.3) is 0 Å². The predicted molar refractivity (Wildman–Crippen MR) is 32.0 cm³/mol. The van der Waals surface area contributed by atoms with Gasteiger partial charge in [0.05, 0.1) is 0 Å². The molecule has 0 amide bonds. The van der Waals surface area contributed by atoms with E-state index in [2.05, 4.69) is 11.8 Å². The molecule has 0 bridgehead atoms. The van der Waals surface area contributed by atoms with Crippen molar-refractivity contribution in [2.24, 2.45) is 0 Å². The number of rotatable bonds is 0. The Balaban J connectivity index is 4.26. The molecule has 0 saturated heterocycles. The van der Waals surface area contributed by atoms with E-state index in [1.54, 1.807) is 0 Å². The third-order valence-corrected chi connectivity index (χ3v) is 0. The lowest BCUT2D eigenvalue weighted by Crippen LogP contribution is -1.49. The molecular weight excluding hydrogens is 123 g/mol. The van der Waals surface area contributed by atoms with Crippen LogP contribution in [0, 0.1) is 0 Å². The Morgan fingerprint density at radius 2 is 2.40 bits per heavy atom. The highest BCUT2D eigenvalue weighted by Gasteiger charge is 1.86. The van der Waals surface area contributed by atoms with Crippen molar-refractivity contribution in [2.45, 2.75) is 0 Å². The topological polar surface area (TPSA) is 0 Å². The summed E-state index contributed by atoms with van der Waals surface area (Å²) in [6, 6.07) is 0. The Kier molecular flexibility index (Phi) is 0.732. The lowest BCUT2D eigenvalue weighted by atomic mass is 11.9. The van der Waals surface area contributed by atoms with Crippen molar-refractivity contribution in [3.8, 4) is 0 Å². The molecule has 0 radical (unpaired) electrons. The van der Waals surface area contributed by atoms with Crippen LogP contribution in [0.1, 0.15) is 4.11 Å². The molecule has 0 aliphatic heterocycles.